The Hall–Kier alpha value is -4.13. The molecule has 1 amide bonds. The van der Waals surface area contributed by atoms with Crippen LogP contribution in [0.5, 0.6) is 5.75 Å². The van der Waals surface area contributed by atoms with Gasteiger partial charge in [0.05, 0.1) is 0 Å². The van der Waals surface area contributed by atoms with Crippen LogP contribution in [-0.2, 0) is 4.79 Å². The number of amides is 1. The van der Waals surface area contributed by atoms with Gasteiger partial charge in [0.1, 0.15) is 5.75 Å². The van der Waals surface area contributed by atoms with Crippen molar-refractivity contribution in [3.8, 4) is 5.75 Å². The van der Waals surface area contributed by atoms with Crippen LogP contribution < -0.4 is 15.5 Å². The number of carbonyl (C=O) groups excluding carboxylic acids is 1. The van der Waals surface area contributed by atoms with Crippen LogP contribution >= 0.6 is 0 Å². The highest BCUT2D eigenvalue weighted by molar-refractivity contribution is 6.58. The Morgan fingerprint density at radius 1 is 0.735 bits per heavy atom. The van der Waals surface area contributed by atoms with E-state index in [9.17, 15) is 14.8 Å². The Kier molecular flexibility index (Phi) is 4.83. The van der Waals surface area contributed by atoms with Gasteiger partial charge in [0.15, 0.2) is 6.61 Å². The number of benzene rings is 6. The fourth-order valence-corrected chi connectivity index (χ4v) is 4.67. The fraction of sp³-hybridized carbons (Fsp3) is 0.0357. The molecule has 6 heteroatoms. The lowest BCUT2D eigenvalue weighted by Crippen LogP contribution is -2.29. The molecule has 0 spiro atoms. The highest BCUT2D eigenvalue weighted by atomic mass is 16.5. The molecule has 164 valence electrons. The third-order valence-corrected chi connectivity index (χ3v) is 6.31. The number of rotatable bonds is 5. The minimum absolute atomic E-state index is 0.124. The fourth-order valence-electron chi connectivity index (χ4n) is 4.67. The molecule has 0 aliphatic heterocycles. The Labute approximate surface area is 195 Å². The van der Waals surface area contributed by atoms with E-state index < -0.39 is 7.12 Å². The lowest BCUT2D eigenvalue weighted by atomic mass is 9.79. The predicted molar refractivity (Wildman–Crippen MR) is 138 cm³/mol. The van der Waals surface area contributed by atoms with E-state index in [4.69, 9.17) is 4.74 Å². The van der Waals surface area contributed by atoms with E-state index in [-0.39, 0.29) is 12.5 Å². The van der Waals surface area contributed by atoms with Gasteiger partial charge in [-0.3, -0.25) is 4.79 Å². The molecule has 6 aromatic carbocycles. The largest absolute Gasteiger partial charge is 0.488 e. The van der Waals surface area contributed by atoms with Gasteiger partial charge in [-0.2, -0.15) is 0 Å². The summed E-state index contributed by atoms with van der Waals surface area (Å²) in [5.74, 6) is 0.323. The maximum atomic E-state index is 12.7. The van der Waals surface area contributed by atoms with Crippen molar-refractivity contribution in [2.24, 2.45) is 0 Å². The van der Waals surface area contributed by atoms with Crippen LogP contribution in [0.25, 0.3) is 43.1 Å². The number of ether oxygens (including phenoxy) is 1. The molecule has 0 saturated heterocycles. The normalized spacial score (nSPS) is 11.5. The van der Waals surface area contributed by atoms with Gasteiger partial charge in [-0.1, -0.05) is 72.8 Å². The first-order valence-electron chi connectivity index (χ1n) is 11.1. The number of hydrogen-bond donors (Lipinski definition) is 3. The summed E-state index contributed by atoms with van der Waals surface area (Å²) in [4.78, 5) is 12.7. The number of anilines is 1. The van der Waals surface area contributed by atoms with Crippen LogP contribution in [0.2, 0.25) is 0 Å². The first-order valence-corrected chi connectivity index (χ1v) is 11.1. The van der Waals surface area contributed by atoms with Crippen LogP contribution in [-0.4, -0.2) is 29.7 Å². The number of carbonyl (C=O) groups is 1. The van der Waals surface area contributed by atoms with Crippen molar-refractivity contribution in [3.63, 3.8) is 0 Å². The standard InChI is InChI=1S/C28H20BNO4/c31-26(16-34-23-11-7-20-14-22(29(32)33)10-6-21(20)15-23)30-25-13-9-19-5-4-17-2-1-3-18-8-12-24(25)28(19)27(17)18/h1-15,32-33H,16H2,(H,30,31). The maximum absolute atomic E-state index is 12.7. The van der Waals surface area contributed by atoms with Crippen LogP contribution in [0.15, 0.2) is 91.0 Å². The van der Waals surface area contributed by atoms with Crippen LogP contribution in [0.4, 0.5) is 5.69 Å². The van der Waals surface area contributed by atoms with E-state index in [2.05, 4.69) is 47.8 Å². The van der Waals surface area contributed by atoms with E-state index in [1.54, 1.807) is 24.3 Å². The van der Waals surface area contributed by atoms with Crippen molar-refractivity contribution < 1.29 is 19.6 Å². The third-order valence-electron chi connectivity index (χ3n) is 6.31. The zero-order chi connectivity index (χ0) is 23.2. The molecular formula is C28H20BNO4. The van der Waals surface area contributed by atoms with Gasteiger partial charge in [-0.05, 0) is 61.4 Å². The average Bonchev–Trinajstić information content (AvgIpc) is 2.86. The van der Waals surface area contributed by atoms with Crippen LogP contribution in [0.3, 0.4) is 0 Å². The summed E-state index contributed by atoms with van der Waals surface area (Å²) >= 11 is 0. The minimum atomic E-state index is -1.51. The lowest BCUT2D eigenvalue weighted by Gasteiger charge is -2.15. The van der Waals surface area contributed by atoms with Crippen LogP contribution in [0.1, 0.15) is 0 Å². The molecular weight excluding hydrogens is 425 g/mol. The molecule has 0 atom stereocenters. The predicted octanol–water partition coefficient (Wildman–Crippen LogP) is 4.43. The summed E-state index contributed by atoms with van der Waals surface area (Å²) in [6.07, 6.45) is 0. The molecule has 0 bridgehead atoms. The second kappa shape index (κ2) is 8.03. The van der Waals surface area contributed by atoms with Gasteiger partial charge in [0, 0.05) is 11.1 Å². The van der Waals surface area contributed by atoms with Crippen molar-refractivity contribution in [3.05, 3.63) is 91.0 Å². The molecule has 0 aliphatic carbocycles. The number of fused-ring (bicyclic) bond motifs is 1. The van der Waals surface area contributed by atoms with Gasteiger partial charge in [0.2, 0.25) is 0 Å². The summed E-state index contributed by atoms with van der Waals surface area (Å²) in [5.41, 5.74) is 1.18. The van der Waals surface area contributed by atoms with Crippen molar-refractivity contribution in [1.29, 1.82) is 0 Å². The van der Waals surface area contributed by atoms with Gasteiger partial charge >= 0.3 is 7.12 Å². The molecule has 0 saturated carbocycles. The van der Waals surface area contributed by atoms with Crippen LogP contribution in [0, 0.1) is 0 Å². The summed E-state index contributed by atoms with van der Waals surface area (Å²) in [7, 11) is -1.51. The smallest absolute Gasteiger partial charge is 0.484 e. The Balaban J connectivity index is 1.24. The summed E-state index contributed by atoms with van der Waals surface area (Å²) in [5, 5.41) is 30.3. The maximum Gasteiger partial charge on any atom is 0.488 e. The SMILES string of the molecule is O=C(COc1ccc2cc(B(O)O)ccc2c1)Nc1ccc2ccc3cccc4ccc1c2c34. The molecule has 34 heavy (non-hydrogen) atoms. The number of nitrogens with one attached hydrogen (secondary N) is 1. The Morgan fingerprint density at radius 2 is 1.38 bits per heavy atom. The zero-order valence-electron chi connectivity index (χ0n) is 18.2. The average molecular weight is 445 g/mol. The summed E-state index contributed by atoms with van der Waals surface area (Å²) < 4.78 is 5.74. The summed E-state index contributed by atoms with van der Waals surface area (Å²) in [6.45, 7) is -0.124. The third kappa shape index (κ3) is 3.50. The van der Waals surface area contributed by atoms with Gasteiger partial charge < -0.3 is 20.1 Å². The topological polar surface area (TPSA) is 78.8 Å². The van der Waals surface area contributed by atoms with Crippen molar-refractivity contribution in [2.75, 3.05) is 11.9 Å². The molecule has 6 aromatic rings. The van der Waals surface area contributed by atoms with E-state index in [1.165, 1.54) is 16.2 Å². The first kappa shape index (κ1) is 20.5. The minimum Gasteiger partial charge on any atom is -0.484 e. The molecule has 5 nitrogen and oxygen atoms in total. The highest BCUT2D eigenvalue weighted by Crippen LogP contribution is 2.37. The molecule has 0 radical (unpaired) electrons. The Morgan fingerprint density at radius 3 is 2.18 bits per heavy atom. The van der Waals surface area contributed by atoms with E-state index in [0.29, 0.717) is 11.2 Å². The van der Waals surface area contributed by atoms with Crippen molar-refractivity contribution >= 4 is 67.3 Å². The second-order valence-electron chi connectivity index (χ2n) is 8.45. The van der Waals surface area contributed by atoms with E-state index in [1.807, 2.05) is 24.3 Å². The summed E-state index contributed by atoms with van der Waals surface area (Å²) in [6, 6.07) is 29.2. The first-order chi connectivity index (χ1) is 16.6. The molecule has 0 aromatic heterocycles. The second-order valence-corrected chi connectivity index (χ2v) is 8.45. The molecule has 0 aliphatic rings. The van der Waals surface area contributed by atoms with E-state index >= 15 is 0 Å². The van der Waals surface area contributed by atoms with Gasteiger partial charge in [0.25, 0.3) is 5.91 Å². The number of hydrogen-bond acceptors (Lipinski definition) is 4. The van der Waals surface area contributed by atoms with Crippen molar-refractivity contribution in [2.45, 2.75) is 0 Å². The highest BCUT2D eigenvalue weighted by Gasteiger charge is 2.14. The monoisotopic (exact) mass is 445 g/mol. The zero-order valence-corrected chi connectivity index (χ0v) is 18.2. The molecule has 0 fully saturated rings. The van der Waals surface area contributed by atoms with Crippen molar-refractivity contribution in [1.82, 2.24) is 0 Å². The van der Waals surface area contributed by atoms with E-state index in [0.717, 1.165) is 32.6 Å². The quantitative estimate of drug-likeness (QED) is 0.271. The molecule has 6 rings (SSSR count). The molecule has 0 unspecified atom stereocenters. The van der Waals surface area contributed by atoms with Gasteiger partial charge in [-0.15, -0.1) is 0 Å². The Bertz CT molecular complexity index is 1680. The lowest BCUT2D eigenvalue weighted by molar-refractivity contribution is -0.118. The molecule has 3 N–H and O–H groups in total. The molecule has 0 heterocycles. The van der Waals surface area contributed by atoms with Gasteiger partial charge in [-0.25, -0.2) is 0 Å².